The van der Waals surface area contributed by atoms with Crippen molar-refractivity contribution in [3.05, 3.63) is 11.4 Å². The molecule has 2 aliphatic rings. The molecule has 0 spiro atoms. The second-order valence-electron chi connectivity index (χ2n) is 5.09. The highest BCUT2D eigenvalue weighted by atomic mass is 16.5. The average Bonchev–Trinajstić information content (AvgIpc) is 3.08. The Morgan fingerprint density at radius 2 is 2.10 bits per heavy atom. The lowest BCUT2D eigenvalue weighted by Gasteiger charge is -2.34. The standard InChI is InChI=1S/C12H19N5O3/c1-8-11(15-16-14-8)12(18)13-9-6-20-7-10(9)17-2-4-19-5-3-17/h9-10H,2-7H2,1H3,(H,13,18)(H,14,15,16)/t9-,10-/m0/s1. The van der Waals surface area contributed by atoms with Crippen LogP contribution in [0.25, 0.3) is 0 Å². The number of carbonyl (C=O) groups is 1. The number of hydrogen-bond acceptors (Lipinski definition) is 6. The van der Waals surface area contributed by atoms with Gasteiger partial charge in [-0.1, -0.05) is 0 Å². The van der Waals surface area contributed by atoms with Crippen LogP contribution in [0.2, 0.25) is 0 Å². The van der Waals surface area contributed by atoms with Crippen molar-refractivity contribution in [2.45, 2.75) is 19.0 Å². The van der Waals surface area contributed by atoms with Gasteiger partial charge in [0.1, 0.15) is 0 Å². The number of hydrogen-bond donors (Lipinski definition) is 2. The molecule has 110 valence electrons. The molecular formula is C12H19N5O3. The Morgan fingerprint density at radius 1 is 1.30 bits per heavy atom. The van der Waals surface area contributed by atoms with E-state index in [1.54, 1.807) is 6.92 Å². The van der Waals surface area contributed by atoms with E-state index in [-0.39, 0.29) is 18.0 Å². The van der Waals surface area contributed by atoms with E-state index < -0.39 is 0 Å². The molecular weight excluding hydrogens is 262 g/mol. The number of aromatic amines is 1. The van der Waals surface area contributed by atoms with Gasteiger partial charge in [-0.05, 0) is 6.92 Å². The summed E-state index contributed by atoms with van der Waals surface area (Å²) < 4.78 is 10.9. The maximum Gasteiger partial charge on any atom is 0.274 e. The molecule has 1 amide bonds. The zero-order valence-electron chi connectivity index (χ0n) is 11.5. The Bertz CT molecular complexity index is 471. The van der Waals surface area contributed by atoms with E-state index in [1.165, 1.54) is 0 Å². The average molecular weight is 281 g/mol. The van der Waals surface area contributed by atoms with Crippen molar-refractivity contribution < 1.29 is 14.3 Å². The Labute approximate surface area is 116 Å². The van der Waals surface area contributed by atoms with Crippen molar-refractivity contribution in [2.75, 3.05) is 39.5 Å². The number of nitrogens with zero attached hydrogens (tertiary/aromatic N) is 3. The summed E-state index contributed by atoms with van der Waals surface area (Å²) >= 11 is 0. The highest BCUT2D eigenvalue weighted by Crippen LogP contribution is 2.15. The molecule has 0 unspecified atom stereocenters. The first-order valence-corrected chi connectivity index (χ1v) is 6.83. The number of amides is 1. The van der Waals surface area contributed by atoms with Gasteiger partial charge in [-0.3, -0.25) is 9.69 Å². The maximum absolute atomic E-state index is 12.2. The summed E-state index contributed by atoms with van der Waals surface area (Å²) in [6.07, 6.45) is 0. The number of rotatable bonds is 3. The fraction of sp³-hybridized carbons (Fsp3) is 0.750. The van der Waals surface area contributed by atoms with E-state index >= 15 is 0 Å². The maximum atomic E-state index is 12.2. The van der Waals surface area contributed by atoms with Crippen LogP contribution in [0, 0.1) is 6.92 Å². The van der Waals surface area contributed by atoms with Crippen LogP contribution in [0.4, 0.5) is 0 Å². The van der Waals surface area contributed by atoms with Crippen LogP contribution in [0.1, 0.15) is 16.2 Å². The van der Waals surface area contributed by atoms with Gasteiger partial charge in [0.25, 0.3) is 5.91 Å². The molecule has 2 saturated heterocycles. The Morgan fingerprint density at radius 3 is 2.80 bits per heavy atom. The molecule has 8 nitrogen and oxygen atoms in total. The summed E-state index contributed by atoms with van der Waals surface area (Å²) in [5.74, 6) is -0.204. The minimum Gasteiger partial charge on any atom is -0.379 e. The molecule has 2 fully saturated rings. The minimum atomic E-state index is -0.204. The predicted molar refractivity (Wildman–Crippen MR) is 69.4 cm³/mol. The summed E-state index contributed by atoms with van der Waals surface area (Å²) in [4.78, 5) is 14.5. The first kappa shape index (κ1) is 13.5. The fourth-order valence-corrected chi connectivity index (χ4v) is 2.69. The molecule has 20 heavy (non-hydrogen) atoms. The first-order valence-electron chi connectivity index (χ1n) is 6.83. The number of aromatic nitrogens is 3. The topological polar surface area (TPSA) is 92.4 Å². The highest BCUT2D eigenvalue weighted by molar-refractivity contribution is 5.93. The molecule has 8 heteroatoms. The number of nitrogens with one attached hydrogen (secondary N) is 2. The van der Waals surface area contributed by atoms with Gasteiger partial charge in [-0.15, -0.1) is 0 Å². The van der Waals surface area contributed by atoms with Crippen molar-refractivity contribution in [3.63, 3.8) is 0 Å². The van der Waals surface area contributed by atoms with Crippen LogP contribution in [-0.4, -0.2) is 77.8 Å². The Balaban J connectivity index is 1.64. The number of H-pyrrole nitrogens is 1. The summed E-state index contributed by atoms with van der Waals surface area (Å²) in [5, 5.41) is 13.2. The number of carbonyl (C=O) groups excluding carboxylic acids is 1. The molecule has 1 aromatic rings. The van der Waals surface area contributed by atoms with E-state index in [2.05, 4.69) is 25.6 Å². The van der Waals surface area contributed by atoms with Crippen LogP contribution >= 0.6 is 0 Å². The summed E-state index contributed by atoms with van der Waals surface area (Å²) in [5.41, 5.74) is 0.946. The zero-order valence-corrected chi connectivity index (χ0v) is 11.5. The van der Waals surface area contributed by atoms with Crippen molar-refractivity contribution in [1.29, 1.82) is 0 Å². The van der Waals surface area contributed by atoms with E-state index in [4.69, 9.17) is 9.47 Å². The lowest BCUT2D eigenvalue weighted by molar-refractivity contribution is 0.0108. The summed E-state index contributed by atoms with van der Waals surface area (Å²) in [6.45, 7) is 6.16. The zero-order chi connectivity index (χ0) is 13.9. The fourth-order valence-electron chi connectivity index (χ4n) is 2.69. The van der Waals surface area contributed by atoms with Gasteiger partial charge in [-0.25, -0.2) is 0 Å². The molecule has 1 aromatic heterocycles. The molecule has 0 radical (unpaired) electrons. The van der Waals surface area contributed by atoms with Gasteiger partial charge in [-0.2, -0.15) is 15.4 Å². The molecule has 3 heterocycles. The molecule has 0 bridgehead atoms. The lowest BCUT2D eigenvalue weighted by Crippen LogP contribution is -2.54. The Kier molecular flexibility index (Phi) is 3.95. The SMILES string of the molecule is Cc1n[nH]nc1C(=O)N[C@H]1COC[C@@H]1N1CCOCC1. The number of morpholine rings is 1. The van der Waals surface area contributed by atoms with Crippen LogP contribution in [-0.2, 0) is 9.47 Å². The second-order valence-corrected chi connectivity index (χ2v) is 5.09. The lowest BCUT2D eigenvalue weighted by atomic mass is 10.1. The molecule has 0 aliphatic carbocycles. The summed E-state index contributed by atoms with van der Waals surface area (Å²) in [6, 6.07) is 0.187. The van der Waals surface area contributed by atoms with Crippen LogP contribution < -0.4 is 5.32 Å². The molecule has 3 rings (SSSR count). The van der Waals surface area contributed by atoms with Gasteiger partial charge < -0.3 is 14.8 Å². The van der Waals surface area contributed by atoms with E-state index in [1.807, 2.05) is 0 Å². The number of ether oxygens (including phenoxy) is 2. The third-order valence-corrected chi connectivity index (χ3v) is 3.82. The van der Waals surface area contributed by atoms with Crippen molar-refractivity contribution >= 4 is 5.91 Å². The highest BCUT2D eigenvalue weighted by Gasteiger charge is 2.35. The van der Waals surface area contributed by atoms with Gasteiger partial charge in [0.05, 0.1) is 44.2 Å². The third kappa shape index (κ3) is 2.67. The van der Waals surface area contributed by atoms with Crippen molar-refractivity contribution in [1.82, 2.24) is 25.6 Å². The van der Waals surface area contributed by atoms with Gasteiger partial charge in [0.15, 0.2) is 5.69 Å². The smallest absolute Gasteiger partial charge is 0.274 e. The monoisotopic (exact) mass is 281 g/mol. The van der Waals surface area contributed by atoms with Crippen LogP contribution in [0.3, 0.4) is 0 Å². The molecule has 2 aliphatic heterocycles. The number of aryl methyl sites for hydroxylation is 1. The molecule has 2 N–H and O–H groups in total. The third-order valence-electron chi connectivity index (χ3n) is 3.82. The van der Waals surface area contributed by atoms with E-state index in [0.29, 0.717) is 24.6 Å². The van der Waals surface area contributed by atoms with Crippen LogP contribution in [0.15, 0.2) is 0 Å². The van der Waals surface area contributed by atoms with Crippen molar-refractivity contribution in [3.8, 4) is 0 Å². The molecule has 0 aromatic carbocycles. The Hall–Kier alpha value is -1.51. The van der Waals surface area contributed by atoms with Gasteiger partial charge in [0.2, 0.25) is 0 Å². The quantitative estimate of drug-likeness (QED) is 0.734. The van der Waals surface area contributed by atoms with E-state index in [9.17, 15) is 4.79 Å². The predicted octanol–water partition coefficient (Wildman–Crippen LogP) is -1.06. The molecule has 2 atom stereocenters. The van der Waals surface area contributed by atoms with E-state index in [0.717, 1.165) is 26.3 Å². The molecule has 0 saturated carbocycles. The van der Waals surface area contributed by atoms with Gasteiger partial charge >= 0.3 is 0 Å². The van der Waals surface area contributed by atoms with Gasteiger partial charge in [0, 0.05) is 13.1 Å². The van der Waals surface area contributed by atoms with Crippen LogP contribution in [0.5, 0.6) is 0 Å². The summed E-state index contributed by atoms with van der Waals surface area (Å²) in [7, 11) is 0. The largest absolute Gasteiger partial charge is 0.379 e. The second kappa shape index (κ2) is 5.86. The minimum absolute atomic E-state index is 0.0169. The normalized spacial score (nSPS) is 27.6. The van der Waals surface area contributed by atoms with Crippen molar-refractivity contribution in [2.24, 2.45) is 0 Å². The first-order chi connectivity index (χ1) is 9.75.